The van der Waals surface area contributed by atoms with E-state index in [0.717, 1.165) is 38.5 Å². The lowest BCUT2D eigenvalue weighted by molar-refractivity contribution is -0.143. The lowest BCUT2D eigenvalue weighted by Gasteiger charge is -2.11. The highest BCUT2D eigenvalue weighted by atomic mass is 16.5. The van der Waals surface area contributed by atoms with Crippen LogP contribution in [-0.4, -0.2) is 23.7 Å². The maximum atomic E-state index is 11.1. The van der Waals surface area contributed by atoms with Gasteiger partial charge in [-0.25, -0.2) is 0 Å². The van der Waals surface area contributed by atoms with Gasteiger partial charge in [-0.3, -0.25) is 9.59 Å². The molecule has 0 heterocycles. The third kappa shape index (κ3) is 10.1. The quantitative estimate of drug-likeness (QED) is 0.456. The zero-order valence-electron chi connectivity index (χ0n) is 11.6. The molecule has 0 saturated carbocycles. The normalized spacial score (nSPS) is 12.1. The monoisotopic (exact) mass is 258 g/mol. The van der Waals surface area contributed by atoms with Crippen molar-refractivity contribution in [2.45, 2.75) is 65.2 Å². The van der Waals surface area contributed by atoms with Crippen LogP contribution in [0.25, 0.3) is 0 Å². The van der Waals surface area contributed by atoms with E-state index in [1.807, 2.05) is 13.8 Å². The second kappa shape index (κ2) is 11.1. The van der Waals surface area contributed by atoms with Crippen LogP contribution in [0.15, 0.2) is 0 Å². The van der Waals surface area contributed by atoms with Crippen molar-refractivity contribution < 1.29 is 19.4 Å². The van der Waals surface area contributed by atoms with Gasteiger partial charge in [-0.05, 0) is 25.7 Å². The van der Waals surface area contributed by atoms with E-state index in [-0.39, 0.29) is 12.4 Å². The van der Waals surface area contributed by atoms with E-state index in [1.165, 1.54) is 0 Å². The molecule has 0 rings (SSSR count). The van der Waals surface area contributed by atoms with E-state index in [1.54, 1.807) is 0 Å². The number of unbranched alkanes of at least 4 members (excludes halogenated alkanes) is 3. The van der Waals surface area contributed by atoms with Crippen LogP contribution in [0.2, 0.25) is 0 Å². The summed E-state index contributed by atoms with van der Waals surface area (Å²) in [6.45, 7) is 4.30. The molecule has 0 saturated heterocycles. The van der Waals surface area contributed by atoms with Gasteiger partial charge in [0.15, 0.2) is 0 Å². The van der Waals surface area contributed by atoms with Gasteiger partial charge >= 0.3 is 11.9 Å². The standard InChI is InChI=1S/C14H26O4/c1-3-12(11-13(15)16)9-7-5-6-8-10-14(17)18-4-2/h12H,3-11H2,1-2H3,(H,15,16). The molecular formula is C14H26O4. The molecule has 0 aliphatic carbocycles. The van der Waals surface area contributed by atoms with E-state index in [4.69, 9.17) is 9.84 Å². The van der Waals surface area contributed by atoms with Crippen LogP contribution in [0, 0.1) is 5.92 Å². The van der Waals surface area contributed by atoms with Crippen molar-refractivity contribution in [3.63, 3.8) is 0 Å². The molecule has 0 fully saturated rings. The highest BCUT2D eigenvalue weighted by Crippen LogP contribution is 2.18. The molecule has 0 aromatic rings. The van der Waals surface area contributed by atoms with Gasteiger partial charge in [-0.15, -0.1) is 0 Å². The number of ether oxygens (including phenoxy) is 1. The summed E-state index contributed by atoms with van der Waals surface area (Å²) in [5.74, 6) is -0.522. The summed E-state index contributed by atoms with van der Waals surface area (Å²) in [7, 11) is 0. The summed E-state index contributed by atoms with van der Waals surface area (Å²) < 4.78 is 4.84. The van der Waals surface area contributed by atoms with Gasteiger partial charge in [-0.1, -0.05) is 32.6 Å². The third-order valence-electron chi connectivity index (χ3n) is 3.09. The molecule has 0 aliphatic rings. The Morgan fingerprint density at radius 2 is 1.78 bits per heavy atom. The second-order valence-corrected chi connectivity index (χ2v) is 4.63. The minimum absolute atomic E-state index is 0.116. The summed E-state index contributed by atoms with van der Waals surface area (Å²) in [6, 6.07) is 0. The molecule has 0 bridgehead atoms. The average molecular weight is 258 g/mol. The summed E-state index contributed by atoms with van der Waals surface area (Å²) in [5, 5.41) is 8.72. The first-order valence-electron chi connectivity index (χ1n) is 6.97. The van der Waals surface area contributed by atoms with Crippen molar-refractivity contribution in [3.8, 4) is 0 Å². The molecule has 0 aromatic heterocycles. The van der Waals surface area contributed by atoms with Gasteiger partial charge in [0.1, 0.15) is 0 Å². The lowest BCUT2D eigenvalue weighted by atomic mass is 9.95. The topological polar surface area (TPSA) is 63.6 Å². The van der Waals surface area contributed by atoms with Crippen LogP contribution < -0.4 is 0 Å². The molecule has 1 N–H and O–H groups in total. The number of carbonyl (C=O) groups is 2. The number of rotatable bonds is 11. The van der Waals surface area contributed by atoms with Crippen molar-refractivity contribution in [2.24, 2.45) is 5.92 Å². The highest BCUT2D eigenvalue weighted by Gasteiger charge is 2.10. The molecular weight excluding hydrogens is 232 g/mol. The van der Waals surface area contributed by atoms with E-state index in [2.05, 4.69) is 0 Å². The molecule has 106 valence electrons. The SMILES string of the molecule is CCOC(=O)CCCCCCC(CC)CC(=O)O. The molecule has 0 amide bonds. The molecule has 0 aromatic carbocycles. The Morgan fingerprint density at radius 3 is 2.33 bits per heavy atom. The zero-order chi connectivity index (χ0) is 13.8. The number of esters is 1. The number of carboxylic acid groups (broad SMARTS) is 1. The van der Waals surface area contributed by atoms with Gasteiger partial charge in [0, 0.05) is 12.8 Å². The van der Waals surface area contributed by atoms with Gasteiger partial charge in [0.2, 0.25) is 0 Å². The van der Waals surface area contributed by atoms with E-state index in [0.29, 0.717) is 18.9 Å². The van der Waals surface area contributed by atoms with Crippen LogP contribution >= 0.6 is 0 Å². The fourth-order valence-electron chi connectivity index (χ4n) is 1.99. The van der Waals surface area contributed by atoms with Gasteiger partial charge in [0.25, 0.3) is 0 Å². The van der Waals surface area contributed by atoms with E-state index < -0.39 is 5.97 Å². The fraction of sp³-hybridized carbons (Fsp3) is 0.857. The zero-order valence-corrected chi connectivity index (χ0v) is 11.6. The Morgan fingerprint density at radius 1 is 1.11 bits per heavy atom. The number of carboxylic acids is 1. The van der Waals surface area contributed by atoms with Crippen LogP contribution in [0.4, 0.5) is 0 Å². The molecule has 1 atom stereocenters. The Kier molecular flexibility index (Phi) is 10.4. The fourth-order valence-corrected chi connectivity index (χ4v) is 1.99. The van der Waals surface area contributed by atoms with Crippen LogP contribution in [0.5, 0.6) is 0 Å². The van der Waals surface area contributed by atoms with E-state index in [9.17, 15) is 9.59 Å². The number of hydrogen-bond acceptors (Lipinski definition) is 3. The Balaban J connectivity index is 3.43. The van der Waals surface area contributed by atoms with Gasteiger partial charge in [-0.2, -0.15) is 0 Å². The average Bonchev–Trinajstić information content (AvgIpc) is 2.31. The van der Waals surface area contributed by atoms with Crippen molar-refractivity contribution >= 4 is 11.9 Å². The minimum atomic E-state index is -0.704. The van der Waals surface area contributed by atoms with Gasteiger partial charge in [0.05, 0.1) is 6.61 Å². The molecule has 4 heteroatoms. The maximum absolute atomic E-state index is 11.1. The van der Waals surface area contributed by atoms with Crippen molar-refractivity contribution in [1.29, 1.82) is 0 Å². The highest BCUT2D eigenvalue weighted by molar-refractivity contribution is 5.69. The predicted octanol–water partition coefficient (Wildman–Crippen LogP) is 3.39. The summed E-state index contributed by atoms with van der Waals surface area (Å²) in [6.07, 6.45) is 6.68. The maximum Gasteiger partial charge on any atom is 0.305 e. The molecule has 1 unspecified atom stereocenters. The minimum Gasteiger partial charge on any atom is -0.481 e. The number of hydrogen-bond donors (Lipinski definition) is 1. The van der Waals surface area contributed by atoms with E-state index >= 15 is 0 Å². The molecule has 18 heavy (non-hydrogen) atoms. The van der Waals surface area contributed by atoms with Crippen molar-refractivity contribution in [3.05, 3.63) is 0 Å². The molecule has 0 radical (unpaired) electrons. The first-order valence-corrected chi connectivity index (χ1v) is 6.97. The summed E-state index contributed by atoms with van der Waals surface area (Å²) >= 11 is 0. The smallest absolute Gasteiger partial charge is 0.305 e. The first kappa shape index (κ1) is 16.9. The van der Waals surface area contributed by atoms with Crippen molar-refractivity contribution in [1.82, 2.24) is 0 Å². The predicted molar refractivity (Wildman–Crippen MR) is 70.4 cm³/mol. The van der Waals surface area contributed by atoms with Crippen LogP contribution in [-0.2, 0) is 14.3 Å². The number of carbonyl (C=O) groups excluding carboxylic acids is 1. The molecule has 4 nitrogen and oxygen atoms in total. The second-order valence-electron chi connectivity index (χ2n) is 4.63. The largest absolute Gasteiger partial charge is 0.481 e. The Hall–Kier alpha value is -1.06. The van der Waals surface area contributed by atoms with Crippen LogP contribution in [0.1, 0.15) is 65.2 Å². The number of aliphatic carboxylic acids is 1. The first-order chi connectivity index (χ1) is 8.60. The lowest BCUT2D eigenvalue weighted by Crippen LogP contribution is -2.07. The third-order valence-corrected chi connectivity index (χ3v) is 3.09. The van der Waals surface area contributed by atoms with Crippen molar-refractivity contribution in [2.75, 3.05) is 6.61 Å². The summed E-state index contributed by atoms with van der Waals surface area (Å²) in [5.41, 5.74) is 0. The van der Waals surface area contributed by atoms with Gasteiger partial charge < -0.3 is 9.84 Å². The van der Waals surface area contributed by atoms with Crippen LogP contribution in [0.3, 0.4) is 0 Å². The Labute approximate surface area is 110 Å². The molecule has 0 aliphatic heterocycles. The molecule has 0 spiro atoms. The Bertz CT molecular complexity index is 238. The summed E-state index contributed by atoms with van der Waals surface area (Å²) in [4.78, 5) is 21.7.